The van der Waals surface area contributed by atoms with Crippen LogP contribution in [0.5, 0.6) is 17.2 Å². The molecule has 1 N–H and O–H groups in total. The Balaban J connectivity index is 1.38. The van der Waals surface area contributed by atoms with Gasteiger partial charge in [0.05, 0.1) is 20.8 Å². The lowest BCUT2D eigenvalue weighted by molar-refractivity contribution is 0.204. The highest BCUT2D eigenvalue weighted by Crippen LogP contribution is 2.27. The molecule has 0 spiro atoms. The van der Waals surface area contributed by atoms with Gasteiger partial charge in [0.25, 0.3) is 0 Å². The highest BCUT2D eigenvalue weighted by atomic mass is 16.5. The Kier molecular flexibility index (Phi) is 7.00. The maximum atomic E-state index is 12.4. The summed E-state index contributed by atoms with van der Waals surface area (Å²) >= 11 is 0. The van der Waals surface area contributed by atoms with Gasteiger partial charge in [0.15, 0.2) is 11.5 Å². The van der Waals surface area contributed by atoms with Crippen molar-refractivity contribution in [1.29, 1.82) is 0 Å². The second kappa shape index (κ2) is 9.88. The van der Waals surface area contributed by atoms with E-state index in [0.29, 0.717) is 19.1 Å². The van der Waals surface area contributed by atoms with Crippen LogP contribution in [0.4, 0.5) is 4.79 Å². The number of para-hydroxylation sites is 2. The second-order valence-electron chi connectivity index (χ2n) is 6.90. The fourth-order valence-electron chi connectivity index (χ4n) is 3.36. The summed E-state index contributed by atoms with van der Waals surface area (Å²) in [5, 5.41) is 2.99. The van der Waals surface area contributed by atoms with Gasteiger partial charge in [-0.3, -0.25) is 0 Å². The molecule has 1 aliphatic rings. The van der Waals surface area contributed by atoms with Crippen molar-refractivity contribution in [2.75, 3.05) is 33.9 Å². The molecule has 150 valence electrons. The fourth-order valence-corrected chi connectivity index (χ4v) is 3.36. The van der Waals surface area contributed by atoms with E-state index in [1.807, 2.05) is 53.4 Å². The van der Waals surface area contributed by atoms with Crippen LogP contribution in [0.1, 0.15) is 18.4 Å². The predicted molar refractivity (Wildman–Crippen MR) is 108 cm³/mol. The smallest absolute Gasteiger partial charge is 0.317 e. The van der Waals surface area contributed by atoms with Crippen molar-refractivity contribution in [3.05, 3.63) is 54.1 Å². The van der Waals surface area contributed by atoms with Crippen LogP contribution in [0.2, 0.25) is 0 Å². The largest absolute Gasteiger partial charge is 0.497 e. The molecule has 3 rings (SSSR count). The molecule has 6 heteroatoms. The molecule has 1 saturated heterocycles. The van der Waals surface area contributed by atoms with Crippen molar-refractivity contribution in [2.24, 2.45) is 5.92 Å². The van der Waals surface area contributed by atoms with Crippen LogP contribution in [-0.2, 0) is 6.54 Å². The number of nitrogens with zero attached hydrogens (tertiary/aromatic N) is 1. The zero-order valence-corrected chi connectivity index (χ0v) is 16.5. The van der Waals surface area contributed by atoms with Gasteiger partial charge < -0.3 is 24.4 Å². The summed E-state index contributed by atoms with van der Waals surface area (Å²) in [5.41, 5.74) is 1.05. The Morgan fingerprint density at radius 1 is 1.07 bits per heavy atom. The minimum absolute atomic E-state index is 0.0102. The van der Waals surface area contributed by atoms with Crippen LogP contribution in [0, 0.1) is 5.92 Å². The molecule has 1 unspecified atom stereocenters. The lowest BCUT2D eigenvalue weighted by Gasteiger charge is -2.18. The van der Waals surface area contributed by atoms with Gasteiger partial charge in [-0.25, -0.2) is 4.79 Å². The predicted octanol–water partition coefficient (Wildman–Crippen LogP) is 3.70. The summed E-state index contributed by atoms with van der Waals surface area (Å²) in [6.07, 6.45) is 1.92. The number of ether oxygens (including phenoxy) is 3. The first-order valence-electron chi connectivity index (χ1n) is 9.61. The van der Waals surface area contributed by atoms with Crippen LogP contribution < -0.4 is 19.5 Å². The van der Waals surface area contributed by atoms with E-state index in [0.717, 1.165) is 48.7 Å². The third-order valence-electron chi connectivity index (χ3n) is 5.03. The normalized spacial score (nSPS) is 15.9. The summed E-state index contributed by atoms with van der Waals surface area (Å²) in [4.78, 5) is 14.3. The maximum absolute atomic E-state index is 12.4. The topological polar surface area (TPSA) is 60.0 Å². The van der Waals surface area contributed by atoms with E-state index in [1.54, 1.807) is 14.2 Å². The standard InChI is InChI=1S/C22H28N2O4/c1-26-19-9-7-17(8-10-19)15-23-22(25)24-13-11-18(16-24)12-14-28-21-6-4-3-5-20(21)27-2/h3-10,18H,11-16H2,1-2H3,(H,23,25). The van der Waals surface area contributed by atoms with Crippen molar-refractivity contribution < 1.29 is 19.0 Å². The Morgan fingerprint density at radius 2 is 1.82 bits per heavy atom. The van der Waals surface area contributed by atoms with E-state index in [4.69, 9.17) is 14.2 Å². The third-order valence-corrected chi connectivity index (χ3v) is 5.03. The SMILES string of the molecule is COc1ccc(CNC(=O)N2CCC(CCOc3ccccc3OC)C2)cc1. The molecular weight excluding hydrogens is 356 g/mol. The molecule has 6 nitrogen and oxygen atoms in total. The quantitative estimate of drug-likeness (QED) is 0.754. The number of nitrogens with one attached hydrogen (secondary N) is 1. The number of carbonyl (C=O) groups excluding carboxylic acids is 1. The fraction of sp³-hybridized carbons (Fsp3) is 0.409. The second-order valence-corrected chi connectivity index (χ2v) is 6.90. The van der Waals surface area contributed by atoms with Crippen LogP contribution in [0.3, 0.4) is 0 Å². The van der Waals surface area contributed by atoms with Crippen molar-refractivity contribution in [3.63, 3.8) is 0 Å². The molecule has 1 aliphatic heterocycles. The van der Waals surface area contributed by atoms with Gasteiger partial charge in [0.1, 0.15) is 5.75 Å². The highest BCUT2D eigenvalue weighted by molar-refractivity contribution is 5.74. The molecular formula is C22H28N2O4. The molecule has 2 aromatic carbocycles. The number of hydrogen-bond donors (Lipinski definition) is 1. The number of amides is 2. The third kappa shape index (κ3) is 5.31. The average molecular weight is 384 g/mol. The van der Waals surface area contributed by atoms with E-state index in [2.05, 4.69) is 5.32 Å². The average Bonchev–Trinajstić information content (AvgIpc) is 3.22. The zero-order chi connectivity index (χ0) is 19.8. The Labute approximate surface area is 166 Å². The molecule has 0 saturated carbocycles. The Bertz CT molecular complexity index is 763. The van der Waals surface area contributed by atoms with Gasteiger partial charge in [-0.15, -0.1) is 0 Å². The van der Waals surface area contributed by atoms with Crippen LogP contribution in [0.25, 0.3) is 0 Å². The molecule has 2 aromatic rings. The molecule has 1 fully saturated rings. The van der Waals surface area contributed by atoms with Crippen molar-refractivity contribution in [1.82, 2.24) is 10.2 Å². The maximum Gasteiger partial charge on any atom is 0.317 e. The van der Waals surface area contributed by atoms with Crippen molar-refractivity contribution in [3.8, 4) is 17.2 Å². The van der Waals surface area contributed by atoms with Crippen LogP contribution >= 0.6 is 0 Å². The summed E-state index contributed by atoms with van der Waals surface area (Å²) in [7, 11) is 3.28. The molecule has 28 heavy (non-hydrogen) atoms. The van der Waals surface area contributed by atoms with Crippen molar-refractivity contribution >= 4 is 6.03 Å². The molecule has 0 aliphatic carbocycles. The number of urea groups is 1. The minimum Gasteiger partial charge on any atom is -0.497 e. The molecule has 0 radical (unpaired) electrons. The van der Waals surface area contributed by atoms with Gasteiger partial charge in [-0.05, 0) is 48.6 Å². The first-order valence-corrected chi connectivity index (χ1v) is 9.61. The summed E-state index contributed by atoms with van der Waals surface area (Å²) in [5.74, 6) is 2.78. The van der Waals surface area contributed by atoms with Crippen LogP contribution in [0.15, 0.2) is 48.5 Å². The van der Waals surface area contributed by atoms with E-state index in [9.17, 15) is 4.79 Å². The summed E-state index contributed by atoms with van der Waals surface area (Å²) < 4.78 is 16.3. The van der Waals surface area contributed by atoms with Gasteiger partial charge in [0, 0.05) is 19.6 Å². The lowest BCUT2D eigenvalue weighted by Crippen LogP contribution is -2.38. The molecule has 1 atom stereocenters. The lowest BCUT2D eigenvalue weighted by atomic mass is 10.1. The summed E-state index contributed by atoms with van der Waals surface area (Å²) in [6.45, 7) is 2.69. The van der Waals surface area contributed by atoms with E-state index in [1.165, 1.54) is 0 Å². The number of benzene rings is 2. The number of carbonyl (C=O) groups is 1. The Hall–Kier alpha value is -2.89. The summed E-state index contributed by atoms with van der Waals surface area (Å²) in [6, 6.07) is 15.4. The van der Waals surface area contributed by atoms with Crippen LogP contribution in [-0.4, -0.2) is 44.8 Å². The minimum atomic E-state index is -0.0102. The molecule has 0 bridgehead atoms. The number of rotatable bonds is 8. The zero-order valence-electron chi connectivity index (χ0n) is 16.5. The number of hydrogen-bond acceptors (Lipinski definition) is 4. The molecule has 0 aromatic heterocycles. The van der Waals surface area contributed by atoms with E-state index < -0.39 is 0 Å². The van der Waals surface area contributed by atoms with Gasteiger partial charge in [-0.1, -0.05) is 24.3 Å². The number of methoxy groups -OCH3 is 2. The van der Waals surface area contributed by atoms with Crippen molar-refractivity contribution in [2.45, 2.75) is 19.4 Å². The highest BCUT2D eigenvalue weighted by Gasteiger charge is 2.26. The first kappa shape index (κ1) is 19.9. The first-order chi connectivity index (χ1) is 13.7. The molecule has 2 amide bonds. The van der Waals surface area contributed by atoms with E-state index >= 15 is 0 Å². The monoisotopic (exact) mass is 384 g/mol. The van der Waals surface area contributed by atoms with Gasteiger partial charge in [0.2, 0.25) is 0 Å². The number of likely N-dealkylation sites (tertiary alicyclic amines) is 1. The Morgan fingerprint density at radius 3 is 2.54 bits per heavy atom. The molecule has 1 heterocycles. The van der Waals surface area contributed by atoms with Gasteiger partial charge >= 0.3 is 6.03 Å². The van der Waals surface area contributed by atoms with Gasteiger partial charge in [-0.2, -0.15) is 0 Å². The van der Waals surface area contributed by atoms with E-state index in [-0.39, 0.29) is 6.03 Å².